The second kappa shape index (κ2) is 11.2. The maximum atomic E-state index is 12.8. The van der Waals surface area contributed by atoms with Gasteiger partial charge in [0.15, 0.2) is 11.5 Å². The maximum Gasteiger partial charge on any atom is 0.251 e. The number of ether oxygens (including phenoxy) is 2. The molecule has 5 nitrogen and oxygen atoms in total. The number of amides is 1. The lowest BCUT2D eigenvalue weighted by molar-refractivity contribution is 0.0939. The third-order valence-electron chi connectivity index (χ3n) is 5.91. The van der Waals surface area contributed by atoms with Crippen LogP contribution < -0.4 is 14.8 Å². The predicted molar refractivity (Wildman–Crippen MR) is 125 cm³/mol. The molecular weight excluding hydrogens is 388 g/mol. The van der Waals surface area contributed by atoms with Gasteiger partial charge in [-0.3, -0.25) is 9.69 Å². The molecule has 5 heteroatoms. The smallest absolute Gasteiger partial charge is 0.251 e. The number of carbonyl (C=O) groups excluding carboxylic acids is 1. The maximum absolute atomic E-state index is 12.8. The van der Waals surface area contributed by atoms with Gasteiger partial charge in [0.1, 0.15) is 0 Å². The van der Waals surface area contributed by atoms with Crippen molar-refractivity contribution in [2.75, 3.05) is 26.3 Å². The molecule has 1 aliphatic rings. The zero-order chi connectivity index (χ0) is 22.2. The predicted octanol–water partition coefficient (Wildman–Crippen LogP) is 5.21. The number of benzene rings is 2. The Labute approximate surface area is 186 Å². The quantitative estimate of drug-likeness (QED) is 0.601. The van der Waals surface area contributed by atoms with Crippen LogP contribution in [-0.2, 0) is 6.54 Å². The minimum atomic E-state index is -0.141. The number of hydrogen-bond acceptors (Lipinski definition) is 4. The Balaban J connectivity index is 1.59. The van der Waals surface area contributed by atoms with Gasteiger partial charge in [0.05, 0.1) is 19.3 Å². The van der Waals surface area contributed by atoms with E-state index >= 15 is 0 Å². The van der Waals surface area contributed by atoms with E-state index < -0.39 is 0 Å². The Bertz CT molecular complexity index is 842. The molecule has 1 N–H and O–H groups in total. The van der Waals surface area contributed by atoms with E-state index in [1.807, 2.05) is 51.1 Å². The molecule has 0 bridgehead atoms. The van der Waals surface area contributed by atoms with Crippen LogP contribution in [0.3, 0.4) is 0 Å². The molecule has 1 heterocycles. The molecule has 0 radical (unpaired) electrons. The van der Waals surface area contributed by atoms with E-state index in [-0.39, 0.29) is 11.9 Å². The first kappa shape index (κ1) is 23.1. The van der Waals surface area contributed by atoms with Gasteiger partial charge in [-0.05, 0) is 88.0 Å². The fourth-order valence-corrected chi connectivity index (χ4v) is 3.94. The van der Waals surface area contributed by atoms with Crippen LogP contribution in [0.4, 0.5) is 0 Å². The van der Waals surface area contributed by atoms with Gasteiger partial charge in [0.25, 0.3) is 5.91 Å². The molecule has 3 rings (SSSR count). The molecule has 1 atom stereocenters. The van der Waals surface area contributed by atoms with Gasteiger partial charge in [-0.15, -0.1) is 0 Å². The molecule has 1 amide bonds. The highest BCUT2D eigenvalue weighted by atomic mass is 16.5. The van der Waals surface area contributed by atoms with Crippen LogP contribution in [0.5, 0.6) is 11.5 Å². The molecule has 1 saturated heterocycles. The van der Waals surface area contributed by atoms with Crippen LogP contribution in [-0.4, -0.2) is 37.1 Å². The molecule has 1 fully saturated rings. The highest BCUT2D eigenvalue weighted by molar-refractivity contribution is 5.94. The molecule has 0 spiro atoms. The fraction of sp³-hybridized carbons (Fsp3) is 0.500. The van der Waals surface area contributed by atoms with Crippen LogP contribution >= 0.6 is 0 Å². The zero-order valence-electron chi connectivity index (χ0n) is 19.3. The van der Waals surface area contributed by atoms with Crippen LogP contribution in [0.25, 0.3) is 0 Å². The number of hydrogen-bond donors (Lipinski definition) is 1. The van der Waals surface area contributed by atoms with Crippen molar-refractivity contribution in [3.63, 3.8) is 0 Å². The Morgan fingerprint density at radius 3 is 2.32 bits per heavy atom. The van der Waals surface area contributed by atoms with Gasteiger partial charge < -0.3 is 14.8 Å². The van der Waals surface area contributed by atoms with Gasteiger partial charge in [-0.25, -0.2) is 0 Å². The number of nitrogens with zero attached hydrogens (tertiary/aromatic N) is 1. The van der Waals surface area contributed by atoms with Crippen molar-refractivity contribution < 1.29 is 14.3 Å². The summed E-state index contributed by atoms with van der Waals surface area (Å²) < 4.78 is 11.3. The minimum absolute atomic E-state index is 0.0716. The first-order valence-electron chi connectivity index (χ1n) is 11.5. The zero-order valence-corrected chi connectivity index (χ0v) is 19.3. The highest BCUT2D eigenvalue weighted by Crippen LogP contribution is 2.31. The first-order valence-corrected chi connectivity index (χ1v) is 11.5. The molecule has 0 aliphatic carbocycles. The van der Waals surface area contributed by atoms with Gasteiger partial charge in [-0.1, -0.05) is 25.1 Å². The van der Waals surface area contributed by atoms with Crippen LogP contribution in [0.15, 0.2) is 42.5 Å². The summed E-state index contributed by atoms with van der Waals surface area (Å²) in [6.45, 7) is 12.6. The van der Waals surface area contributed by atoms with Crippen molar-refractivity contribution in [3.05, 3.63) is 59.2 Å². The first-order chi connectivity index (χ1) is 15.0. The standard InChI is InChI=1S/C26H36N2O3/c1-5-30-24-12-11-23(17-25(24)31-6-2)20(4)27-26(29)22-9-7-21(8-10-22)18-28-15-13-19(3)14-16-28/h7-12,17,19-20H,5-6,13-16,18H2,1-4H3,(H,27,29)/t20-/m1/s1. The summed E-state index contributed by atoms with van der Waals surface area (Å²) in [5.74, 6) is 2.20. The minimum Gasteiger partial charge on any atom is -0.490 e. The Morgan fingerprint density at radius 2 is 1.68 bits per heavy atom. The molecule has 1 aliphatic heterocycles. The average Bonchev–Trinajstić information content (AvgIpc) is 2.77. The van der Waals surface area contributed by atoms with Crippen molar-refractivity contribution in [3.8, 4) is 11.5 Å². The summed E-state index contributed by atoms with van der Waals surface area (Å²) in [5.41, 5.74) is 2.92. The largest absolute Gasteiger partial charge is 0.490 e. The number of likely N-dealkylation sites (tertiary alicyclic amines) is 1. The second-order valence-electron chi connectivity index (χ2n) is 8.42. The molecule has 2 aromatic rings. The normalized spacial score (nSPS) is 16.0. The van der Waals surface area contributed by atoms with E-state index in [0.717, 1.165) is 36.9 Å². The van der Waals surface area contributed by atoms with E-state index in [9.17, 15) is 4.79 Å². The van der Waals surface area contributed by atoms with Crippen molar-refractivity contribution in [2.45, 2.75) is 53.1 Å². The monoisotopic (exact) mass is 424 g/mol. The highest BCUT2D eigenvalue weighted by Gasteiger charge is 2.17. The van der Waals surface area contributed by atoms with E-state index in [4.69, 9.17) is 9.47 Å². The lowest BCUT2D eigenvalue weighted by Crippen LogP contribution is -2.32. The molecule has 0 saturated carbocycles. The molecule has 2 aromatic carbocycles. The van der Waals surface area contributed by atoms with Crippen molar-refractivity contribution in [1.82, 2.24) is 10.2 Å². The van der Waals surface area contributed by atoms with Crippen LogP contribution in [0.2, 0.25) is 0 Å². The number of carbonyl (C=O) groups is 1. The molecule has 31 heavy (non-hydrogen) atoms. The number of rotatable bonds is 9. The fourth-order valence-electron chi connectivity index (χ4n) is 3.94. The Kier molecular flexibility index (Phi) is 8.35. The summed E-state index contributed by atoms with van der Waals surface area (Å²) >= 11 is 0. The van der Waals surface area contributed by atoms with Crippen LogP contribution in [0, 0.1) is 5.92 Å². The summed E-state index contributed by atoms with van der Waals surface area (Å²) in [7, 11) is 0. The van der Waals surface area contributed by atoms with Crippen LogP contribution in [0.1, 0.15) is 68.1 Å². The van der Waals surface area contributed by atoms with Gasteiger partial charge in [-0.2, -0.15) is 0 Å². The molecule has 0 aromatic heterocycles. The average molecular weight is 425 g/mol. The molecular formula is C26H36N2O3. The number of nitrogens with one attached hydrogen (secondary N) is 1. The second-order valence-corrected chi connectivity index (χ2v) is 8.42. The van der Waals surface area contributed by atoms with E-state index in [1.165, 1.54) is 18.4 Å². The third-order valence-corrected chi connectivity index (χ3v) is 5.91. The molecule has 0 unspecified atom stereocenters. The van der Waals surface area contributed by atoms with Crippen molar-refractivity contribution in [1.29, 1.82) is 0 Å². The topological polar surface area (TPSA) is 50.8 Å². The van der Waals surface area contributed by atoms with Gasteiger partial charge in [0, 0.05) is 12.1 Å². The summed E-state index contributed by atoms with van der Waals surface area (Å²) in [6.07, 6.45) is 2.55. The summed E-state index contributed by atoms with van der Waals surface area (Å²) in [4.78, 5) is 15.3. The van der Waals surface area contributed by atoms with E-state index in [1.54, 1.807) is 0 Å². The lowest BCUT2D eigenvalue weighted by Gasteiger charge is -2.30. The van der Waals surface area contributed by atoms with Gasteiger partial charge in [0.2, 0.25) is 0 Å². The number of piperidine rings is 1. The molecule has 168 valence electrons. The Hall–Kier alpha value is -2.53. The van der Waals surface area contributed by atoms with Crippen molar-refractivity contribution in [2.24, 2.45) is 5.92 Å². The summed E-state index contributed by atoms with van der Waals surface area (Å²) in [6, 6.07) is 13.7. The Morgan fingerprint density at radius 1 is 1.03 bits per heavy atom. The van der Waals surface area contributed by atoms with E-state index in [2.05, 4.69) is 29.3 Å². The van der Waals surface area contributed by atoms with E-state index in [0.29, 0.717) is 24.5 Å². The SMILES string of the molecule is CCOc1ccc([C@@H](C)NC(=O)c2ccc(CN3CCC(C)CC3)cc2)cc1OCC. The lowest BCUT2D eigenvalue weighted by atomic mass is 9.99. The van der Waals surface area contributed by atoms with Gasteiger partial charge >= 0.3 is 0 Å². The third kappa shape index (κ3) is 6.47. The summed E-state index contributed by atoms with van der Waals surface area (Å²) in [5, 5.41) is 3.09. The van der Waals surface area contributed by atoms with Crippen molar-refractivity contribution >= 4 is 5.91 Å².